The first-order chi connectivity index (χ1) is 7.07. The van der Waals surface area contributed by atoms with Crippen molar-refractivity contribution in [3.8, 4) is 0 Å². The maximum absolute atomic E-state index is 10.1. The highest BCUT2D eigenvalue weighted by molar-refractivity contribution is 7.80. The average molecular weight is 247 g/mol. The number of rotatable bonds is 3. The number of carboxylic acids is 1. The van der Waals surface area contributed by atoms with Crippen LogP contribution in [0, 0.1) is 0 Å². The molecule has 0 aliphatic rings. The summed E-state index contributed by atoms with van der Waals surface area (Å²) in [5.41, 5.74) is 0.370. The predicted molar refractivity (Wildman–Crippen MR) is 63.8 cm³/mol. The third kappa shape index (κ3) is 8.02. The van der Waals surface area contributed by atoms with E-state index in [1.165, 1.54) is 18.3 Å². The van der Waals surface area contributed by atoms with Gasteiger partial charge in [-0.2, -0.15) is 24.0 Å². The van der Waals surface area contributed by atoms with Crippen LogP contribution in [-0.4, -0.2) is 29.3 Å². The summed E-state index contributed by atoms with van der Waals surface area (Å²) in [6.45, 7) is 2.15. The minimum Gasteiger partial charge on any atom is -0.478 e. The molecule has 0 radical (unpaired) electrons. The number of carboxylic acid groups (broad SMARTS) is 1. The molecule has 0 bridgehead atoms. The van der Waals surface area contributed by atoms with Gasteiger partial charge in [-0.1, -0.05) is 0 Å². The van der Waals surface area contributed by atoms with Gasteiger partial charge in [-0.15, -0.1) is 0 Å². The molecule has 15 heavy (non-hydrogen) atoms. The van der Waals surface area contributed by atoms with Gasteiger partial charge in [-0.3, -0.25) is 4.79 Å². The first-order valence-electron chi connectivity index (χ1n) is 4.18. The van der Waals surface area contributed by atoms with Crippen LogP contribution in [0.5, 0.6) is 0 Å². The van der Waals surface area contributed by atoms with Gasteiger partial charge in [0, 0.05) is 24.6 Å². The Bertz CT molecular complexity index is 298. The van der Waals surface area contributed by atoms with Crippen LogP contribution in [0.15, 0.2) is 16.8 Å². The fraction of sp³-hybridized carbons (Fsp3) is 0.333. The van der Waals surface area contributed by atoms with Crippen LogP contribution in [0.1, 0.15) is 17.3 Å². The summed E-state index contributed by atoms with van der Waals surface area (Å²) in [7, 11) is 0. The molecule has 0 aliphatic carbocycles. The Hall–Kier alpha value is -1.01. The number of carbonyl (C=O) groups excluding carboxylic acids is 1. The van der Waals surface area contributed by atoms with Crippen molar-refractivity contribution in [1.29, 1.82) is 0 Å². The Kier molecular flexibility index (Phi) is 7.75. The zero-order chi connectivity index (χ0) is 11.7. The summed E-state index contributed by atoms with van der Waals surface area (Å²) in [6.07, 6.45) is 0. The number of amides is 1. The normalized spacial score (nSPS) is 8.67. The molecule has 0 atom stereocenters. The molecule has 1 aromatic rings. The lowest BCUT2D eigenvalue weighted by atomic mass is 10.4. The summed E-state index contributed by atoms with van der Waals surface area (Å²) < 4.78 is 0. The third-order valence-electron chi connectivity index (χ3n) is 1.25. The standard InChI is InChI=1S/C5H4O2S.C4H9NOS/c6-5(7)4-1-2-8-3-4;1-4(6)5-2-3-7/h1-3H,(H,6,7);7H,2-3H2,1H3,(H,5,6). The third-order valence-corrected chi connectivity index (χ3v) is 2.16. The van der Waals surface area contributed by atoms with E-state index in [1.54, 1.807) is 16.8 Å². The van der Waals surface area contributed by atoms with E-state index >= 15 is 0 Å². The van der Waals surface area contributed by atoms with Crippen LogP contribution >= 0.6 is 24.0 Å². The molecule has 0 spiro atoms. The second-order valence-electron chi connectivity index (χ2n) is 2.52. The quantitative estimate of drug-likeness (QED) is 0.709. The number of aromatic carboxylic acids is 1. The summed E-state index contributed by atoms with van der Waals surface area (Å²) in [4.78, 5) is 20.1. The van der Waals surface area contributed by atoms with Gasteiger partial charge in [0.05, 0.1) is 5.56 Å². The van der Waals surface area contributed by atoms with Crippen molar-refractivity contribution >= 4 is 35.8 Å². The van der Waals surface area contributed by atoms with Crippen molar-refractivity contribution in [2.75, 3.05) is 12.3 Å². The second kappa shape index (κ2) is 8.31. The lowest BCUT2D eigenvalue weighted by Gasteiger charge is -1.93. The number of hydrogen-bond acceptors (Lipinski definition) is 4. The number of nitrogens with one attached hydrogen (secondary N) is 1. The number of thiol groups is 1. The van der Waals surface area contributed by atoms with Crippen LogP contribution in [0.3, 0.4) is 0 Å². The second-order valence-corrected chi connectivity index (χ2v) is 3.75. The van der Waals surface area contributed by atoms with E-state index < -0.39 is 5.97 Å². The first kappa shape index (κ1) is 14.0. The Morgan fingerprint density at radius 3 is 2.47 bits per heavy atom. The van der Waals surface area contributed by atoms with E-state index in [4.69, 9.17) is 5.11 Å². The maximum Gasteiger partial charge on any atom is 0.336 e. The highest BCUT2D eigenvalue weighted by atomic mass is 32.1. The molecule has 1 aromatic heterocycles. The average Bonchev–Trinajstić information content (AvgIpc) is 2.68. The molecule has 0 saturated heterocycles. The largest absolute Gasteiger partial charge is 0.478 e. The number of thiophene rings is 1. The Morgan fingerprint density at radius 2 is 2.27 bits per heavy atom. The van der Waals surface area contributed by atoms with Gasteiger partial charge < -0.3 is 10.4 Å². The monoisotopic (exact) mass is 247 g/mol. The molecule has 4 nitrogen and oxygen atoms in total. The van der Waals surface area contributed by atoms with E-state index in [-0.39, 0.29) is 5.91 Å². The Morgan fingerprint density at radius 1 is 1.60 bits per heavy atom. The van der Waals surface area contributed by atoms with Gasteiger partial charge in [-0.25, -0.2) is 4.79 Å². The van der Waals surface area contributed by atoms with Gasteiger partial charge in [0.2, 0.25) is 5.91 Å². The molecule has 0 fully saturated rings. The minimum absolute atomic E-state index is 0.00838. The molecular weight excluding hydrogens is 234 g/mol. The number of carbonyl (C=O) groups is 2. The van der Waals surface area contributed by atoms with E-state index in [1.807, 2.05) is 0 Å². The summed E-state index contributed by atoms with van der Waals surface area (Å²) >= 11 is 5.27. The van der Waals surface area contributed by atoms with Crippen molar-refractivity contribution in [3.05, 3.63) is 22.4 Å². The van der Waals surface area contributed by atoms with Crippen LogP contribution in [0.2, 0.25) is 0 Å². The van der Waals surface area contributed by atoms with Gasteiger partial charge in [0.15, 0.2) is 0 Å². The van der Waals surface area contributed by atoms with Crippen molar-refractivity contribution in [3.63, 3.8) is 0 Å². The topological polar surface area (TPSA) is 66.4 Å². The molecule has 2 N–H and O–H groups in total. The van der Waals surface area contributed by atoms with Gasteiger partial charge in [-0.05, 0) is 11.4 Å². The zero-order valence-corrected chi connectivity index (χ0v) is 9.98. The van der Waals surface area contributed by atoms with Crippen LogP contribution in [0.4, 0.5) is 0 Å². The Labute approximate surface area is 97.7 Å². The lowest BCUT2D eigenvalue weighted by molar-refractivity contribution is -0.118. The fourth-order valence-corrected chi connectivity index (χ4v) is 1.36. The smallest absolute Gasteiger partial charge is 0.336 e. The van der Waals surface area contributed by atoms with Crippen LogP contribution in [-0.2, 0) is 4.79 Å². The number of hydrogen-bond donors (Lipinski definition) is 3. The molecule has 1 rings (SSSR count). The van der Waals surface area contributed by atoms with Gasteiger partial charge in [0.1, 0.15) is 0 Å². The molecule has 0 aliphatic heterocycles. The van der Waals surface area contributed by atoms with E-state index in [2.05, 4.69) is 17.9 Å². The SMILES string of the molecule is CC(=O)NCCS.O=C(O)c1ccsc1. The van der Waals surface area contributed by atoms with Crippen molar-refractivity contribution in [1.82, 2.24) is 5.32 Å². The summed E-state index contributed by atoms with van der Waals surface area (Å²) in [5.74, 6) is -0.139. The van der Waals surface area contributed by atoms with Gasteiger partial charge >= 0.3 is 5.97 Å². The van der Waals surface area contributed by atoms with E-state index in [0.717, 1.165) is 0 Å². The molecule has 1 amide bonds. The zero-order valence-electron chi connectivity index (χ0n) is 8.27. The lowest BCUT2D eigenvalue weighted by Crippen LogP contribution is -2.21. The summed E-state index contributed by atoms with van der Waals surface area (Å²) in [5, 5.41) is 14.2. The molecule has 84 valence electrons. The first-order valence-corrected chi connectivity index (χ1v) is 5.76. The van der Waals surface area contributed by atoms with E-state index in [0.29, 0.717) is 17.9 Å². The highest BCUT2D eigenvalue weighted by Crippen LogP contribution is 2.04. The van der Waals surface area contributed by atoms with Crippen molar-refractivity contribution < 1.29 is 14.7 Å². The molecule has 0 saturated carbocycles. The molecular formula is C9H13NO3S2. The Balaban J connectivity index is 0.000000265. The minimum atomic E-state index is -0.855. The molecule has 6 heteroatoms. The highest BCUT2D eigenvalue weighted by Gasteiger charge is 1.98. The van der Waals surface area contributed by atoms with Gasteiger partial charge in [0.25, 0.3) is 0 Å². The molecule has 0 aromatic carbocycles. The van der Waals surface area contributed by atoms with Crippen LogP contribution < -0.4 is 5.32 Å². The van der Waals surface area contributed by atoms with Crippen LogP contribution in [0.25, 0.3) is 0 Å². The predicted octanol–water partition coefficient (Wildman–Crippen LogP) is 1.50. The fourth-order valence-electron chi connectivity index (χ4n) is 0.618. The van der Waals surface area contributed by atoms with Crippen molar-refractivity contribution in [2.45, 2.75) is 6.92 Å². The molecule has 0 unspecified atom stereocenters. The molecule has 1 heterocycles. The van der Waals surface area contributed by atoms with E-state index in [9.17, 15) is 9.59 Å². The van der Waals surface area contributed by atoms with Crippen molar-refractivity contribution in [2.24, 2.45) is 0 Å². The maximum atomic E-state index is 10.1. The summed E-state index contributed by atoms with van der Waals surface area (Å²) in [6, 6.07) is 1.58.